The van der Waals surface area contributed by atoms with Crippen molar-refractivity contribution in [3.8, 4) is 5.75 Å². The fourth-order valence-electron chi connectivity index (χ4n) is 1.88. The largest absolute Gasteiger partial charge is 0.494 e. The van der Waals surface area contributed by atoms with Crippen LogP contribution in [0.15, 0.2) is 36.9 Å². The Morgan fingerprint density at radius 1 is 1.23 bits per heavy atom. The molecular weight excluding hydrogens is 284 g/mol. The fourth-order valence-corrected chi connectivity index (χ4v) is 1.88. The second-order valence-corrected chi connectivity index (χ2v) is 5.09. The van der Waals surface area contributed by atoms with Gasteiger partial charge in [0.15, 0.2) is 0 Å². The third kappa shape index (κ3) is 6.92. The molecule has 0 radical (unpaired) electrons. The molecule has 0 amide bonds. The maximum absolute atomic E-state index is 10.9. The molecule has 0 fully saturated rings. The van der Waals surface area contributed by atoms with Crippen LogP contribution in [0, 0.1) is 5.92 Å². The topological polar surface area (TPSA) is 72.8 Å². The van der Waals surface area contributed by atoms with E-state index in [0.717, 1.165) is 25.3 Å². The van der Waals surface area contributed by atoms with Gasteiger partial charge in [-0.3, -0.25) is 0 Å². The van der Waals surface area contributed by atoms with E-state index in [-0.39, 0.29) is 11.5 Å². The minimum atomic E-state index is -0.947. The molecule has 0 heterocycles. The van der Waals surface area contributed by atoms with Gasteiger partial charge in [-0.25, -0.2) is 9.59 Å². The van der Waals surface area contributed by atoms with Crippen molar-refractivity contribution in [1.82, 2.24) is 0 Å². The van der Waals surface area contributed by atoms with Crippen molar-refractivity contribution in [3.05, 3.63) is 42.5 Å². The van der Waals surface area contributed by atoms with Crippen LogP contribution in [0.2, 0.25) is 0 Å². The Hall–Kier alpha value is -2.30. The summed E-state index contributed by atoms with van der Waals surface area (Å²) in [5, 5.41) is 8.80. The third-order valence-electron chi connectivity index (χ3n) is 3.23. The minimum Gasteiger partial charge on any atom is -0.494 e. The van der Waals surface area contributed by atoms with Crippen molar-refractivity contribution in [2.75, 3.05) is 13.2 Å². The first-order chi connectivity index (χ1) is 10.5. The van der Waals surface area contributed by atoms with Gasteiger partial charge in [0.05, 0.1) is 18.8 Å². The van der Waals surface area contributed by atoms with Crippen molar-refractivity contribution in [3.63, 3.8) is 0 Å². The van der Waals surface area contributed by atoms with Gasteiger partial charge in [0.1, 0.15) is 5.75 Å². The lowest BCUT2D eigenvalue weighted by molar-refractivity contribution is -0.137. The predicted octanol–water partition coefficient (Wildman–Crippen LogP) is 3.30. The second-order valence-electron chi connectivity index (χ2n) is 5.09. The molecule has 120 valence electrons. The normalized spacial score (nSPS) is 11.5. The monoisotopic (exact) mass is 306 g/mol. The van der Waals surface area contributed by atoms with Crippen LogP contribution < -0.4 is 4.74 Å². The van der Waals surface area contributed by atoms with E-state index in [9.17, 15) is 9.59 Å². The SMILES string of the molecule is C=CC(=O)OCCC[C@H](C)CCOc1ccc(C(=O)O)cc1. The zero-order valence-corrected chi connectivity index (χ0v) is 12.8. The molecule has 0 bridgehead atoms. The van der Waals surface area contributed by atoms with Crippen LogP contribution in [-0.2, 0) is 9.53 Å². The van der Waals surface area contributed by atoms with Crippen LogP contribution in [0.1, 0.15) is 36.5 Å². The third-order valence-corrected chi connectivity index (χ3v) is 3.23. The second kappa shape index (κ2) is 9.60. The lowest BCUT2D eigenvalue weighted by Gasteiger charge is -2.12. The number of ether oxygens (including phenoxy) is 2. The van der Waals surface area contributed by atoms with Crippen LogP contribution in [-0.4, -0.2) is 30.3 Å². The van der Waals surface area contributed by atoms with Crippen LogP contribution >= 0.6 is 0 Å². The molecule has 0 saturated carbocycles. The molecule has 22 heavy (non-hydrogen) atoms. The zero-order chi connectivity index (χ0) is 16.4. The summed E-state index contributed by atoms with van der Waals surface area (Å²) in [6.07, 6.45) is 3.81. The maximum Gasteiger partial charge on any atom is 0.335 e. The molecule has 1 aromatic rings. The van der Waals surface area contributed by atoms with E-state index < -0.39 is 5.97 Å². The number of esters is 1. The lowest BCUT2D eigenvalue weighted by atomic mass is 10.0. The van der Waals surface area contributed by atoms with Crippen LogP contribution in [0.4, 0.5) is 0 Å². The van der Waals surface area contributed by atoms with Gasteiger partial charge < -0.3 is 14.6 Å². The van der Waals surface area contributed by atoms with Crippen molar-refractivity contribution >= 4 is 11.9 Å². The average Bonchev–Trinajstić information content (AvgIpc) is 2.51. The molecule has 1 atom stereocenters. The van der Waals surface area contributed by atoms with E-state index in [1.54, 1.807) is 12.1 Å². The van der Waals surface area contributed by atoms with Gasteiger partial charge in [-0.15, -0.1) is 0 Å². The molecule has 0 saturated heterocycles. The molecule has 0 spiro atoms. The van der Waals surface area contributed by atoms with Gasteiger partial charge in [-0.05, 0) is 49.4 Å². The van der Waals surface area contributed by atoms with Crippen molar-refractivity contribution < 1.29 is 24.2 Å². The summed E-state index contributed by atoms with van der Waals surface area (Å²) in [6.45, 7) is 6.43. The lowest BCUT2D eigenvalue weighted by Crippen LogP contribution is -2.07. The van der Waals surface area contributed by atoms with Crippen molar-refractivity contribution in [2.24, 2.45) is 5.92 Å². The number of carbonyl (C=O) groups is 2. The van der Waals surface area contributed by atoms with E-state index in [1.807, 2.05) is 0 Å². The van der Waals surface area contributed by atoms with E-state index >= 15 is 0 Å². The van der Waals surface area contributed by atoms with Crippen LogP contribution in [0.25, 0.3) is 0 Å². The smallest absolute Gasteiger partial charge is 0.335 e. The summed E-state index contributed by atoms with van der Waals surface area (Å²) in [6, 6.07) is 6.36. The quantitative estimate of drug-likeness (QED) is 0.408. The molecule has 1 N–H and O–H groups in total. The number of carboxylic acids is 1. The van der Waals surface area contributed by atoms with E-state index in [4.69, 9.17) is 14.6 Å². The minimum absolute atomic E-state index is 0.245. The van der Waals surface area contributed by atoms with Crippen molar-refractivity contribution in [2.45, 2.75) is 26.2 Å². The Morgan fingerprint density at radius 3 is 2.50 bits per heavy atom. The predicted molar refractivity (Wildman–Crippen MR) is 83.1 cm³/mol. The summed E-state index contributed by atoms with van der Waals surface area (Å²) in [5.74, 6) is -0.212. The van der Waals surface area contributed by atoms with Gasteiger partial charge in [0.2, 0.25) is 0 Å². The number of hydrogen-bond acceptors (Lipinski definition) is 4. The average molecular weight is 306 g/mol. The molecule has 0 aliphatic heterocycles. The highest BCUT2D eigenvalue weighted by molar-refractivity contribution is 5.87. The Labute approximate surface area is 130 Å². The first kappa shape index (κ1) is 17.8. The first-order valence-electron chi connectivity index (χ1n) is 7.28. The Balaban J connectivity index is 2.16. The maximum atomic E-state index is 10.9. The summed E-state index contributed by atoms with van der Waals surface area (Å²) in [5.41, 5.74) is 0.245. The van der Waals surface area contributed by atoms with Crippen LogP contribution in [0.3, 0.4) is 0 Å². The van der Waals surface area contributed by atoms with Gasteiger partial charge in [0, 0.05) is 6.08 Å². The number of rotatable bonds is 10. The summed E-state index contributed by atoms with van der Waals surface area (Å²) >= 11 is 0. The Bertz CT molecular complexity index is 492. The van der Waals surface area contributed by atoms with Gasteiger partial charge in [-0.1, -0.05) is 13.5 Å². The molecule has 1 aromatic carbocycles. The van der Waals surface area contributed by atoms with Crippen molar-refractivity contribution in [1.29, 1.82) is 0 Å². The Morgan fingerprint density at radius 2 is 1.91 bits per heavy atom. The zero-order valence-electron chi connectivity index (χ0n) is 12.8. The number of benzene rings is 1. The van der Waals surface area contributed by atoms with E-state index in [2.05, 4.69) is 13.5 Å². The number of carbonyl (C=O) groups excluding carboxylic acids is 1. The van der Waals surface area contributed by atoms with E-state index in [0.29, 0.717) is 24.9 Å². The highest BCUT2D eigenvalue weighted by atomic mass is 16.5. The van der Waals surface area contributed by atoms with E-state index in [1.165, 1.54) is 12.1 Å². The number of aromatic carboxylic acids is 1. The number of carboxylic acid groups (broad SMARTS) is 1. The molecule has 0 unspecified atom stereocenters. The molecular formula is C17H22O5. The molecule has 0 aliphatic rings. The Kier molecular flexibility index (Phi) is 7.75. The molecule has 0 aromatic heterocycles. The molecule has 5 nitrogen and oxygen atoms in total. The summed E-state index contributed by atoms with van der Waals surface area (Å²) < 4.78 is 10.5. The summed E-state index contributed by atoms with van der Waals surface area (Å²) in [4.78, 5) is 21.6. The van der Waals surface area contributed by atoms with Gasteiger partial charge >= 0.3 is 11.9 Å². The first-order valence-corrected chi connectivity index (χ1v) is 7.28. The molecule has 1 rings (SSSR count). The highest BCUT2D eigenvalue weighted by Gasteiger charge is 2.05. The fraction of sp³-hybridized carbons (Fsp3) is 0.412. The summed E-state index contributed by atoms with van der Waals surface area (Å²) in [7, 11) is 0. The van der Waals surface area contributed by atoms with Gasteiger partial charge in [0.25, 0.3) is 0 Å². The highest BCUT2D eigenvalue weighted by Crippen LogP contribution is 2.15. The molecule has 5 heteroatoms. The number of hydrogen-bond donors (Lipinski definition) is 1. The van der Waals surface area contributed by atoms with Crippen LogP contribution in [0.5, 0.6) is 5.75 Å². The standard InChI is InChI=1S/C17H22O5/c1-3-16(18)22-11-4-5-13(2)10-12-21-15-8-6-14(7-9-15)17(19)20/h3,6-9,13H,1,4-5,10-12H2,2H3,(H,19,20)/t13-/m0/s1. The molecule has 0 aliphatic carbocycles. The van der Waals surface area contributed by atoms with Gasteiger partial charge in [-0.2, -0.15) is 0 Å².